The number of halogens is 3. The Labute approximate surface area is 97.1 Å². The molecule has 1 aliphatic heterocycles. The monoisotopic (exact) mass is 246 g/mol. The Morgan fingerprint density at radius 1 is 1.29 bits per heavy atom. The molecule has 1 heterocycles. The zero-order valence-corrected chi connectivity index (χ0v) is 9.29. The highest BCUT2D eigenvalue weighted by atomic mass is 19.4. The Morgan fingerprint density at radius 2 is 1.94 bits per heavy atom. The SMILES string of the molecule is Cc1ccccc1C(F)(F)F.NC1=NCCO1. The van der Waals surface area contributed by atoms with Gasteiger partial charge in [0, 0.05) is 0 Å². The van der Waals surface area contributed by atoms with Gasteiger partial charge in [0.1, 0.15) is 6.61 Å². The second-order valence-electron chi connectivity index (χ2n) is 3.38. The van der Waals surface area contributed by atoms with Crippen LogP contribution < -0.4 is 5.73 Å². The molecule has 0 radical (unpaired) electrons. The molecule has 0 fully saturated rings. The van der Waals surface area contributed by atoms with Crippen LogP contribution in [-0.4, -0.2) is 19.2 Å². The van der Waals surface area contributed by atoms with Gasteiger partial charge in [0.2, 0.25) is 0 Å². The molecule has 2 N–H and O–H groups in total. The van der Waals surface area contributed by atoms with Crippen LogP contribution in [0.25, 0.3) is 0 Å². The number of hydrogen-bond acceptors (Lipinski definition) is 3. The molecule has 1 aromatic rings. The normalized spacial score (nSPS) is 14.5. The van der Waals surface area contributed by atoms with Crippen molar-refractivity contribution in [2.75, 3.05) is 13.2 Å². The van der Waals surface area contributed by atoms with Crippen molar-refractivity contribution >= 4 is 6.02 Å². The molecule has 0 aliphatic carbocycles. The fourth-order valence-electron chi connectivity index (χ4n) is 1.24. The molecular formula is C11H13F3N2O. The lowest BCUT2D eigenvalue weighted by Gasteiger charge is -2.08. The molecule has 0 saturated carbocycles. The summed E-state index contributed by atoms with van der Waals surface area (Å²) >= 11 is 0. The summed E-state index contributed by atoms with van der Waals surface area (Å²) in [6.07, 6.45) is -4.22. The van der Waals surface area contributed by atoms with E-state index in [1.165, 1.54) is 19.1 Å². The third-order valence-electron chi connectivity index (χ3n) is 2.06. The molecule has 6 heteroatoms. The molecule has 94 valence electrons. The standard InChI is InChI=1S/C8H7F3.C3H6N2O/c1-6-4-2-3-5-7(6)8(9,10)11;4-3-5-1-2-6-3/h2-5H,1H3;1-2H2,(H2,4,5). The van der Waals surface area contributed by atoms with Gasteiger partial charge in [-0.3, -0.25) is 0 Å². The molecule has 0 atom stereocenters. The summed E-state index contributed by atoms with van der Waals surface area (Å²) in [7, 11) is 0. The van der Waals surface area contributed by atoms with Gasteiger partial charge in [-0.05, 0) is 18.6 Å². The molecule has 2 rings (SSSR count). The first-order chi connectivity index (χ1) is 7.91. The Balaban J connectivity index is 0.000000202. The number of aryl methyl sites for hydroxylation is 1. The highest BCUT2D eigenvalue weighted by Crippen LogP contribution is 2.31. The summed E-state index contributed by atoms with van der Waals surface area (Å²) < 4.78 is 40.8. The molecule has 1 aromatic carbocycles. The van der Waals surface area contributed by atoms with Gasteiger partial charge in [0.25, 0.3) is 6.02 Å². The average Bonchev–Trinajstić information content (AvgIpc) is 2.69. The second kappa shape index (κ2) is 5.56. The third-order valence-corrected chi connectivity index (χ3v) is 2.06. The first-order valence-electron chi connectivity index (χ1n) is 4.97. The van der Waals surface area contributed by atoms with Crippen LogP contribution in [0, 0.1) is 6.92 Å². The van der Waals surface area contributed by atoms with Crippen molar-refractivity contribution in [2.24, 2.45) is 10.7 Å². The van der Waals surface area contributed by atoms with Crippen molar-refractivity contribution in [3.05, 3.63) is 35.4 Å². The van der Waals surface area contributed by atoms with Crippen molar-refractivity contribution in [1.29, 1.82) is 0 Å². The van der Waals surface area contributed by atoms with E-state index in [1.54, 1.807) is 6.07 Å². The Hall–Kier alpha value is -1.72. The minimum atomic E-state index is -4.22. The van der Waals surface area contributed by atoms with Gasteiger partial charge in [-0.1, -0.05) is 18.2 Å². The predicted molar refractivity (Wildman–Crippen MR) is 58.6 cm³/mol. The van der Waals surface area contributed by atoms with Crippen LogP contribution >= 0.6 is 0 Å². The first kappa shape index (κ1) is 13.3. The van der Waals surface area contributed by atoms with Crippen molar-refractivity contribution in [3.63, 3.8) is 0 Å². The van der Waals surface area contributed by atoms with E-state index in [4.69, 9.17) is 5.73 Å². The van der Waals surface area contributed by atoms with E-state index >= 15 is 0 Å². The predicted octanol–water partition coefficient (Wildman–Crippen LogP) is 2.35. The van der Waals surface area contributed by atoms with Gasteiger partial charge in [-0.25, -0.2) is 4.99 Å². The van der Waals surface area contributed by atoms with Crippen LogP contribution in [0.5, 0.6) is 0 Å². The van der Waals surface area contributed by atoms with E-state index in [0.717, 1.165) is 12.6 Å². The summed E-state index contributed by atoms with van der Waals surface area (Å²) in [5.74, 6) is 0. The molecule has 0 saturated heterocycles. The topological polar surface area (TPSA) is 47.6 Å². The Morgan fingerprint density at radius 3 is 2.24 bits per heavy atom. The number of amidine groups is 1. The number of nitrogens with two attached hydrogens (primary N) is 1. The van der Waals surface area contributed by atoms with Gasteiger partial charge in [0.15, 0.2) is 0 Å². The minimum absolute atomic E-state index is 0.264. The molecule has 1 aliphatic rings. The van der Waals surface area contributed by atoms with E-state index < -0.39 is 11.7 Å². The summed E-state index contributed by atoms with van der Waals surface area (Å²) in [5.41, 5.74) is 4.77. The molecule has 3 nitrogen and oxygen atoms in total. The lowest BCUT2D eigenvalue weighted by Crippen LogP contribution is -2.10. The fraction of sp³-hybridized carbons (Fsp3) is 0.364. The number of ether oxygens (including phenoxy) is 1. The van der Waals surface area contributed by atoms with E-state index in [1.807, 2.05) is 0 Å². The van der Waals surface area contributed by atoms with Crippen molar-refractivity contribution in [2.45, 2.75) is 13.1 Å². The fourth-order valence-corrected chi connectivity index (χ4v) is 1.24. The van der Waals surface area contributed by atoms with E-state index in [9.17, 15) is 13.2 Å². The van der Waals surface area contributed by atoms with Crippen LogP contribution in [0.3, 0.4) is 0 Å². The van der Waals surface area contributed by atoms with Crippen molar-refractivity contribution in [3.8, 4) is 0 Å². The molecule has 0 aromatic heterocycles. The van der Waals surface area contributed by atoms with Gasteiger partial charge >= 0.3 is 6.18 Å². The maximum Gasteiger partial charge on any atom is 0.416 e. The zero-order chi connectivity index (χ0) is 12.9. The molecular weight excluding hydrogens is 233 g/mol. The number of rotatable bonds is 0. The Kier molecular flexibility index (Phi) is 4.37. The Bertz CT molecular complexity index is 402. The molecule has 0 spiro atoms. The van der Waals surface area contributed by atoms with E-state index in [-0.39, 0.29) is 5.56 Å². The van der Waals surface area contributed by atoms with Crippen LogP contribution in [0.15, 0.2) is 29.3 Å². The second-order valence-corrected chi connectivity index (χ2v) is 3.38. The molecule has 0 amide bonds. The number of nitrogens with zero attached hydrogens (tertiary/aromatic N) is 1. The number of aliphatic imine (C=N–C) groups is 1. The zero-order valence-electron chi connectivity index (χ0n) is 9.29. The summed E-state index contributed by atoms with van der Waals surface area (Å²) in [6.45, 7) is 2.83. The summed E-state index contributed by atoms with van der Waals surface area (Å²) in [6, 6.07) is 5.83. The van der Waals surface area contributed by atoms with Crippen LogP contribution in [-0.2, 0) is 10.9 Å². The maximum atomic E-state index is 12.0. The van der Waals surface area contributed by atoms with Crippen molar-refractivity contribution in [1.82, 2.24) is 0 Å². The number of hydrogen-bond donors (Lipinski definition) is 1. The van der Waals surface area contributed by atoms with Crippen LogP contribution in [0.4, 0.5) is 13.2 Å². The molecule has 0 bridgehead atoms. The quantitative estimate of drug-likeness (QED) is 0.763. The van der Waals surface area contributed by atoms with Gasteiger partial charge in [0.05, 0.1) is 12.1 Å². The number of benzene rings is 1. The molecule has 17 heavy (non-hydrogen) atoms. The lowest BCUT2D eigenvalue weighted by atomic mass is 10.1. The van der Waals surface area contributed by atoms with E-state index in [0.29, 0.717) is 12.6 Å². The maximum absolute atomic E-state index is 12.0. The van der Waals surface area contributed by atoms with E-state index in [2.05, 4.69) is 9.73 Å². The van der Waals surface area contributed by atoms with Crippen molar-refractivity contribution < 1.29 is 17.9 Å². The van der Waals surface area contributed by atoms with Gasteiger partial charge in [-0.15, -0.1) is 0 Å². The summed E-state index contributed by atoms with van der Waals surface area (Å²) in [5, 5.41) is 0. The highest BCUT2D eigenvalue weighted by Gasteiger charge is 2.31. The third kappa shape index (κ3) is 4.34. The minimum Gasteiger partial charge on any atom is -0.463 e. The number of alkyl halides is 3. The largest absolute Gasteiger partial charge is 0.463 e. The van der Waals surface area contributed by atoms with Gasteiger partial charge < -0.3 is 10.5 Å². The lowest BCUT2D eigenvalue weighted by molar-refractivity contribution is -0.138. The van der Waals surface area contributed by atoms with Crippen LogP contribution in [0.2, 0.25) is 0 Å². The van der Waals surface area contributed by atoms with Crippen LogP contribution in [0.1, 0.15) is 11.1 Å². The smallest absolute Gasteiger partial charge is 0.416 e. The van der Waals surface area contributed by atoms with Gasteiger partial charge in [-0.2, -0.15) is 13.2 Å². The first-order valence-corrected chi connectivity index (χ1v) is 4.97. The highest BCUT2D eigenvalue weighted by molar-refractivity contribution is 5.72. The molecule has 0 unspecified atom stereocenters. The average molecular weight is 246 g/mol. The summed E-state index contributed by atoms with van der Waals surface area (Å²) in [4.78, 5) is 3.71.